The van der Waals surface area contributed by atoms with Gasteiger partial charge < -0.3 is 11.1 Å². The SMILES string of the molecule is CCCCC(=O)Nc1cccc(C2CC2)c1N.[HH].[HH]. The van der Waals surface area contributed by atoms with Crippen LogP contribution in [0.2, 0.25) is 0 Å². The zero-order chi connectivity index (χ0) is 12.3. The molecule has 1 saturated carbocycles. The van der Waals surface area contributed by atoms with Crippen molar-refractivity contribution in [3.8, 4) is 0 Å². The van der Waals surface area contributed by atoms with Crippen molar-refractivity contribution < 1.29 is 7.65 Å². The van der Waals surface area contributed by atoms with E-state index in [1.807, 2.05) is 12.1 Å². The molecule has 1 aliphatic carbocycles. The number of carbonyl (C=O) groups excluding carboxylic acids is 1. The Labute approximate surface area is 105 Å². The molecule has 17 heavy (non-hydrogen) atoms. The second-order valence-corrected chi connectivity index (χ2v) is 4.73. The van der Waals surface area contributed by atoms with Gasteiger partial charge in [0.05, 0.1) is 11.4 Å². The minimum absolute atomic E-state index is 0. The number of amides is 1. The van der Waals surface area contributed by atoms with Crippen LogP contribution in [-0.4, -0.2) is 5.91 Å². The van der Waals surface area contributed by atoms with Gasteiger partial charge in [-0.25, -0.2) is 0 Å². The normalized spacial score (nSPS) is 14.6. The van der Waals surface area contributed by atoms with E-state index in [1.54, 1.807) is 0 Å². The third-order valence-electron chi connectivity index (χ3n) is 3.19. The van der Waals surface area contributed by atoms with Crippen molar-refractivity contribution in [1.29, 1.82) is 0 Å². The van der Waals surface area contributed by atoms with Gasteiger partial charge in [0.2, 0.25) is 5.91 Å². The largest absolute Gasteiger partial charge is 0.397 e. The molecular weight excluding hydrogens is 212 g/mol. The third-order valence-corrected chi connectivity index (χ3v) is 3.19. The third kappa shape index (κ3) is 2.99. The van der Waals surface area contributed by atoms with Crippen LogP contribution in [0.25, 0.3) is 0 Å². The van der Waals surface area contributed by atoms with Gasteiger partial charge in [-0.2, -0.15) is 0 Å². The van der Waals surface area contributed by atoms with Crippen LogP contribution in [-0.2, 0) is 4.79 Å². The number of rotatable bonds is 5. The van der Waals surface area contributed by atoms with Gasteiger partial charge in [0.1, 0.15) is 0 Å². The van der Waals surface area contributed by atoms with Gasteiger partial charge in [-0.1, -0.05) is 25.5 Å². The molecule has 3 N–H and O–H groups in total. The van der Waals surface area contributed by atoms with Crippen LogP contribution >= 0.6 is 0 Å². The molecule has 1 amide bonds. The van der Waals surface area contributed by atoms with Crippen LogP contribution in [0.15, 0.2) is 18.2 Å². The first-order valence-corrected chi connectivity index (χ1v) is 6.40. The zero-order valence-corrected chi connectivity index (χ0v) is 10.3. The lowest BCUT2D eigenvalue weighted by atomic mass is 10.1. The summed E-state index contributed by atoms with van der Waals surface area (Å²) in [5.41, 5.74) is 8.80. The molecule has 1 aromatic carbocycles. The standard InChI is InChI=1S/C14H20N2O.2H2/c1-2-3-7-13(17)16-12-6-4-5-11(14(12)15)10-8-9-10;;/h4-6,10H,2-3,7-9,15H2,1H3,(H,16,17);2*1H. The summed E-state index contributed by atoms with van der Waals surface area (Å²) in [7, 11) is 0. The molecule has 0 spiro atoms. The van der Waals surface area contributed by atoms with Crippen LogP contribution in [0.4, 0.5) is 11.4 Å². The number of para-hydroxylation sites is 1. The first-order chi connectivity index (χ1) is 8.22. The van der Waals surface area contributed by atoms with Crippen LogP contribution in [0.3, 0.4) is 0 Å². The fraction of sp³-hybridized carbons (Fsp3) is 0.500. The van der Waals surface area contributed by atoms with Gasteiger partial charge in [-0.3, -0.25) is 4.79 Å². The molecule has 1 aliphatic rings. The first-order valence-electron chi connectivity index (χ1n) is 6.40. The Morgan fingerprint density at radius 2 is 2.29 bits per heavy atom. The van der Waals surface area contributed by atoms with E-state index in [1.165, 1.54) is 18.4 Å². The molecular formula is C14H24N2O. The Hall–Kier alpha value is -1.51. The van der Waals surface area contributed by atoms with Crippen molar-refractivity contribution in [2.24, 2.45) is 0 Å². The summed E-state index contributed by atoms with van der Waals surface area (Å²) in [5, 5.41) is 2.90. The van der Waals surface area contributed by atoms with Crippen molar-refractivity contribution in [2.75, 3.05) is 11.1 Å². The summed E-state index contributed by atoms with van der Waals surface area (Å²) in [6.07, 6.45) is 4.97. The number of carbonyl (C=O) groups is 1. The summed E-state index contributed by atoms with van der Waals surface area (Å²) in [5.74, 6) is 0.675. The summed E-state index contributed by atoms with van der Waals surface area (Å²) >= 11 is 0. The maximum atomic E-state index is 11.7. The molecule has 1 aromatic rings. The number of benzene rings is 1. The van der Waals surface area contributed by atoms with Crippen molar-refractivity contribution in [3.63, 3.8) is 0 Å². The van der Waals surface area contributed by atoms with E-state index in [-0.39, 0.29) is 8.76 Å². The Kier molecular flexibility index (Phi) is 3.67. The van der Waals surface area contributed by atoms with Crippen LogP contribution in [0, 0.1) is 0 Å². The fourth-order valence-corrected chi connectivity index (χ4v) is 1.99. The lowest BCUT2D eigenvalue weighted by Crippen LogP contribution is -2.13. The number of hydrogen-bond donors (Lipinski definition) is 2. The number of anilines is 2. The van der Waals surface area contributed by atoms with Crippen molar-refractivity contribution in [3.05, 3.63) is 23.8 Å². The van der Waals surface area contributed by atoms with E-state index in [2.05, 4.69) is 18.3 Å². The maximum Gasteiger partial charge on any atom is 0.224 e. The molecule has 3 heteroatoms. The molecule has 3 nitrogen and oxygen atoms in total. The Balaban J connectivity index is 0.00000162. The molecule has 96 valence electrons. The van der Waals surface area contributed by atoms with E-state index in [9.17, 15) is 4.79 Å². The van der Waals surface area contributed by atoms with Crippen LogP contribution in [0.1, 0.15) is 53.4 Å². The second kappa shape index (κ2) is 5.21. The van der Waals surface area contributed by atoms with Gasteiger partial charge in [0, 0.05) is 9.27 Å². The van der Waals surface area contributed by atoms with Crippen LogP contribution in [0.5, 0.6) is 0 Å². The van der Waals surface area contributed by atoms with E-state index in [4.69, 9.17) is 5.73 Å². The zero-order valence-electron chi connectivity index (χ0n) is 10.3. The smallest absolute Gasteiger partial charge is 0.224 e. The quantitative estimate of drug-likeness (QED) is 0.765. The predicted octanol–water partition coefficient (Wildman–Crippen LogP) is 3.77. The maximum absolute atomic E-state index is 11.7. The molecule has 0 aromatic heterocycles. The van der Waals surface area contributed by atoms with Crippen LogP contribution < -0.4 is 11.1 Å². The predicted molar refractivity (Wildman–Crippen MR) is 75.2 cm³/mol. The lowest BCUT2D eigenvalue weighted by molar-refractivity contribution is -0.116. The highest BCUT2D eigenvalue weighted by Crippen LogP contribution is 2.44. The summed E-state index contributed by atoms with van der Waals surface area (Å²) < 4.78 is 0. The van der Waals surface area contributed by atoms with Gasteiger partial charge in [0.25, 0.3) is 0 Å². The highest BCUT2D eigenvalue weighted by Gasteiger charge is 2.26. The van der Waals surface area contributed by atoms with E-state index < -0.39 is 0 Å². The highest BCUT2D eigenvalue weighted by atomic mass is 16.1. The minimum atomic E-state index is 0. The van der Waals surface area contributed by atoms with Gasteiger partial charge in [-0.15, -0.1) is 0 Å². The van der Waals surface area contributed by atoms with Crippen molar-refractivity contribution in [2.45, 2.75) is 44.9 Å². The molecule has 0 heterocycles. The molecule has 0 atom stereocenters. The molecule has 2 rings (SSSR count). The Bertz CT molecular complexity index is 420. The lowest BCUT2D eigenvalue weighted by Gasteiger charge is -2.11. The fourth-order valence-electron chi connectivity index (χ4n) is 1.99. The van der Waals surface area contributed by atoms with E-state index >= 15 is 0 Å². The number of hydrogen-bond acceptors (Lipinski definition) is 2. The molecule has 0 radical (unpaired) electrons. The summed E-state index contributed by atoms with van der Waals surface area (Å²) in [6, 6.07) is 5.92. The van der Waals surface area contributed by atoms with Gasteiger partial charge >= 0.3 is 0 Å². The molecule has 0 bridgehead atoms. The average Bonchev–Trinajstić information content (AvgIpc) is 3.13. The number of nitrogens with two attached hydrogens (primary N) is 1. The summed E-state index contributed by atoms with van der Waals surface area (Å²) in [4.78, 5) is 11.7. The van der Waals surface area contributed by atoms with Gasteiger partial charge in [-0.05, 0) is 36.8 Å². The molecule has 0 aliphatic heterocycles. The van der Waals surface area contributed by atoms with E-state index in [0.29, 0.717) is 12.3 Å². The molecule has 0 unspecified atom stereocenters. The Morgan fingerprint density at radius 3 is 2.94 bits per heavy atom. The monoisotopic (exact) mass is 236 g/mol. The number of unbranched alkanes of at least 4 members (excludes halogenated alkanes) is 1. The molecule has 0 saturated heterocycles. The summed E-state index contributed by atoms with van der Waals surface area (Å²) in [6.45, 7) is 2.08. The van der Waals surface area contributed by atoms with Crippen molar-refractivity contribution >= 4 is 17.3 Å². The number of nitrogen functional groups attached to an aromatic ring is 1. The second-order valence-electron chi connectivity index (χ2n) is 4.73. The van der Waals surface area contributed by atoms with Gasteiger partial charge in [0.15, 0.2) is 0 Å². The topological polar surface area (TPSA) is 55.1 Å². The highest BCUT2D eigenvalue weighted by molar-refractivity contribution is 5.94. The van der Waals surface area contributed by atoms with Crippen molar-refractivity contribution in [1.82, 2.24) is 0 Å². The average molecular weight is 236 g/mol. The first kappa shape index (κ1) is 12.0. The number of nitrogens with one attached hydrogen (secondary N) is 1. The minimum Gasteiger partial charge on any atom is -0.397 e. The molecule has 1 fully saturated rings. The Morgan fingerprint density at radius 1 is 1.53 bits per heavy atom. The van der Waals surface area contributed by atoms with E-state index in [0.717, 1.165) is 24.2 Å².